The van der Waals surface area contributed by atoms with Crippen molar-refractivity contribution in [2.24, 2.45) is 5.73 Å². The molecular formula is C22H24BN3O3. The number of rotatable bonds is 4. The van der Waals surface area contributed by atoms with Crippen LogP contribution < -0.4 is 11.2 Å². The van der Waals surface area contributed by atoms with Crippen LogP contribution in [0.3, 0.4) is 0 Å². The molecule has 0 radical (unpaired) electrons. The van der Waals surface area contributed by atoms with Crippen LogP contribution >= 0.6 is 0 Å². The van der Waals surface area contributed by atoms with Gasteiger partial charge in [0.05, 0.1) is 11.1 Å². The number of carbonyl (C=O) groups excluding carboxylic acids is 1. The van der Waals surface area contributed by atoms with Crippen LogP contribution in [0.25, 0.3) is 10.9 Å². The number of hydrogen-bond donors (Lipinski definition) is 3. The van der Waals surface area contributed by atoms with E-state index in [2.05, 4.69) is 17.1 Å². The van der Waals surface area contributed by atoms with Crippen LogP contribution in [0.15, 0.2) is 54.7 Å². The normalized spacial score (nSPS) is 14.9. The van der Waals surface area contributed by atoms with Crippen molar-refractivity contribution in [1.29, 1.82) is 0 Å². The van der Waals surface area contributed by atoms with E-state index in [0.717, 1.165) is 18.4 Å². The van der Waals surface area contributed by atoms with Crippen molar-refractivity contribution in [3.8, 4) is 0 Å². The molecule has 0 spiro atoms. The molecule has 1 aliphatic rings. The monoisotopic (exact) mass is 389 g/mol. The molecule has 6 nitrogen and oxygen atoms in total. The van der Waals surface area contributed by atoms with E-state index < -0.39 is 7.12 Å². The number of nitrogens with two attached hydrogens (primary N) is 1. The lowest BCUT2D eigenvalue weighted by atomic mass is 9.77. The second kappa shape index (κ2) is 8.33. The molecule has 0 aliphatic carbocycles. The number of amides is 1. The zero-order valence-corrected chi connectivity index (χ0v) is 16.2. The Morgan fingerprint density at radius 2 is 1.93 bits per heavy atom. The molecule has 148 valence electrons. The maximum absolute atomic E-state index is 13.2. The number of aromatic nitrogens is 1. The van der Waals surface area contributed by atoms with Crippen molar-refractivity contribution >= 4 is 29.4 Å². The van der Waals surface area contributed by atoms with Crippen molar-refractivity contribution in [3.05, 3.63) is 71.4 Å². The molecular weight excluding hydrogens is 365 g/mol. The Morgan fingerprint density at radius 3 is 2.66 bits per heavy atom. The molecule has 1 aliphatic heterocycles. The van der Waals surface area contributed by atoms with Gasteiger partial charge in [-0.25, -0.2) is 0 Å². The highest BCUT2D eigenvalue weighted by Crippen LogP contribution is 2.29. The lowest BCUT2D eigenvalue weighted by Crippen LogP contribution is -2.38. The Labute approximate surface area is 170 Å². The van der Waals surface area contributed by atoms with Crippen molar-refractivity contribution in [2.75, 3.05) is 13.1 Å². The van der Waals surface area contributed by atoms with Crippen molar-refractivity contribution < 1.29 is 14.8 Å². The van der Waals surface area contributed by atoms with E-state index in [1.807, 2.05) is 17.0 Å². The van der Waals surface area contributed by atoms with Crippen LogP contribution in [-0.2, 0) is 6.54 Å². The summed E-state index contributed by atoms with van der Waals surface area (Å²) in [7, 11) is -1.61. The van der Waals surface area contributed by atoms with Gasteiger partial charge in [-0.15, -0.1) is 0 Å². The van der Waals surface area contributed by atoms with Crippen LogP contribution in [0.5, 0.6) is 0 Å². The van der Waals surface area contributed by atoms with E-state index >= 15 is 0 Å². The number of nitrogens with zero attached hydrogens (tertiary/aromatic N) is 2. The fourth-order valence-corrected chi connectivity index (χ4v) is 4.15. The molecule has 1 amide bonds. The summed E-state index contributed by atoms with van der Waals surface area (Å²) in [6.45, 7) is 1.88. The van der Waals surface area contributed by atoms with Crippen molar-refractivity contribution in [2.45, 2.75) is 25.3 Å². The fraction of sp³-hybridized carbons (Fsp3) is 0.273. The minimum Gasteiger partial charge on any atom is -0.423 e. The van der Waals surface area contributed by atoms with E-state index in [9.17, 15) is 14.8 Å². The summed E-state index contributed by atoms with van der Waals surface area (Å²) in [4.78, 5) is 19.4. The molecule has 3 aromatic rings. The third kappa shape index (κ3) is 3.89. The minimum atomic E-state index is -1.61. The number of pyridine rings is 1. The molecule has 1 saturated heterocycles. The molecule has 2 aromatic carbocycles. The summed E-state index contributed by atoms with van der Waals surface area (Å²) in [6.07, 6.45) is 3.42. The highest BCUT2D eigenvalue weighted by atomic mass is 16.4. The van der Waals surface area contributed by atoms with Crippen LogP contribution in [0.2, 0.25) is 0 Å². The van der Waals surface area contributed by atoms with Gasteiger partial charge >= 0.3 is 7.12 Å². The third-order valence-corrected chi connectivity index (χ3v) is 5.75. The first-order valence-electron chi connectivity index (χ1n) is 9.90. The number of likely N-dealkylation sites (tertiary alicyclic amines) is 1. The van der Waals surface area contributed by atoms with Crippen molar-refractivity contribution in [1.82, 2.24) is 9.88 Å². The topological polar surface area (TPSA) is 99.7 Å². The van der Waals surface area contributed by atoms with E-state index in [1.54, 1.807) is 30.5 Å². The Balaban J connectivity index is 1.54. The molecule has 1 aromatic heterocycles. The van der Waals surface area contributed by atoms with Crippen LogP contribution in [0, 0.1) is 0 Å². The third-order valence-electron chi connectivity index (χ3n) is 5.75. The van der Waals surface area contributed by atoms with Gasteiger partial charge in [0.1, 0.15) is 0 Å². The predicted molar refractivity (Wildman–Crippen MR) is 114 cm³/mol. The largest absolute Gasteiger partial charge is 0.489 e. The molecule has 29 heavy (non-hydrogen) atoms. The number of hydrogen-bond acceptors (Lipinski definition) is 5. The van der Waals surface area contributed by atoms with Gasteiger partial charge in [0.25, 0.3) is 5.91 Å². The summed E-state index contributed by atoms with van der Waals surface area (Å²) in [5.74, 6) is 0.356. The van der Waals surface area contributed by atoms with E-state index in [4.69, 9.17) is 5.73 Å². The molecule has 4 rings (SSSR count). The van der Waals surface area contributed by atoms with Gasteiger partial charge in [-0.3, -0.25) is 9.78 Å². The molecule has 0 saturated carbocycles. The summed E-state index contributed by atoms with van der Waals surface area (Å²) in [6, 6.07) is 15.1. The van der Waals surface area contributed by atoms with E-state index in [-0.39, 0.29) is 5.91 Å². The van der Waals surface area contributed by atoms with Gasteiger partial charge in [0.15, 0.2) is 0 Å². The number of carbonyl (C=O) groups is 1. The van der Waals surface area contributed by atoms with E-state index in [0.29, 0.717) is 47.5 Å². The lowest BCUT2D eigenvalue weighted by molar-refractivity contribution is 0.0714. The SMILES string of the molecule is NCc1cccc(C2CCN(C(=O)c3ccc(B(O)O)c4cccnc34)CC2)c1. The molecule has 0 unspecified atom stereocenters. The summed E-state index contributed by atoms with van der Waals surface area (Å²) in [5.41, 5.74) is 9.52. The first-order valence-corrected chi connectivity index (χ1v) is 9.90. The molecule has 1 fully saturated rings. The number of fused-ring (bicyclic) bond motifs is 1. The average Bonchev–Trinajstić information content (AvgIpc) is 2.78. The minimum absolute atomic E-state index is 0.0677. The second-order valence-corrected chi connectivity index (χ2v) is 7.49. The number of benzene rings is 2. The van der Waals surface area contributed by atoms with Crippen LogP contribution in [-0.4, -0.2) is 46.0 Å². The fourth-order valence-electron chi connectivity index (χ4n) is 4.15. The maximum atomic E-state index is 13.2. The Bertz CT molecular complexity index is 1030. The second-order valence-electron chi connectivity index (χ2n) is 7.49. The summed E-state index contributed by atoms with van der Waals surface area (Å²) >= 11 is 0. The summed E-state index contributed by atoms with van der Waals surface area (Å²) < 4.78 is 0. The molecule has 2 heterocycles. The van der Waals surface area contributed by atoms with Gasteiger partial charge in [0, 0.05) is 31.2 Å². The highest BCUT2D eigenvalue weighted by molar-refractivity contribution is 6.62. The van der Waals surface area contributed by atoms with Gasteiger partial charge in [-0.1, -0.05) is 36.4 Å². The standard InChI is InChI=1S/C22H24BN3O3/c24-14-15-3-1-4-17(13-15)16-8-11-26(12-9-16)22(27)19-6-7-20(23(28)29)18-5-2-10-25-21(18)19/h1-7,10,13,16,28-29H,8-9,11-12,14,24H2. The first kappa shape index (κ1) is 19.6. The van der Waals surface area contributed by atoms with Gasteiger partial charge < -0.3 is 20.7 Å². The lowest BCUT2D eigenvalue weighted by Gasteiger charge is -2.32. The Kier molecular flexibility index (Phi) is 5.62. The summed E-state index contributed by atoms with van der Waals surface area (Å²) in [5, 5.41) is 19.8. The first-order chi connectivity index (χ1) is 14.1. The van der Waals surface area contributed by atoms with Gasteiger partial charge in [-0.05, 0) is 47.5 Å². The van der Waals surface area contributed by atoms with Gasteiger partial charge in [0.2, 0.25) is 0 Å². The highest BCUT2D eigenvalue weighted by Gasteiger charge is 2.27. The smallest absolute Gasteiger partial charge is 0.423 e. The number of piperidine rings is 1. The zero-order chi connectivity index (χ0) is 20.4. The zero-order valence-electron chi connectivity index (χ0n) is 16.2. The van der Waals surface area contributed by atoms with Crippen LogP contribution in [0.1, 0.15) is 40.2 Å². The van der Waals surface area contributed by atoms with Gasteiger partial charge in [-0.2, -0.15) is 0 Å². The average molecular weight is 389 g/mol. The quantitative estimate of drug-likeness (QED) is 0.586. The van der Waals surface area contributed by atoms with Crippen molar-refractivity contribution in [3.63, 3.8) is 0 Å². The predicted octanol–water partition coefficient (Wildman–Crippen LogP) is 1.39. The molecule has 0 atom stereocenters. The maximum Gasteiger partial charge on any atom is 0.489 e. The Morgan fingerprint density at radius 1 is 1.14 bits per heavy atom. The molecule has 0 bridgehead atoms. The Hall–Kier alpha value is -2.74. The van der Waals surface area contributed by atoms with E-state index in [1.165, 1.54) is 5.56 Å². The van der Waals surface area contributed by atoms with Crippen LogP contribution in [0.4, 0.5) is 0 Å². The molecule has 4 N–H and O–H groups in total. The molecule has 7 heteroatoms.